The molecule has 96 valence electrons. The van der Waals surface area contributed by atoms with Gasteiger partial charge in [-0.15, -0.1) is 0 Å². The lowest BCUT2D eigenvalue weighted by Crippen LogP contribution is -2.34. The molecule has 0 aliphatic carbocycles. The molecule has 0 radical (unpaired) electrons. The van der Waals surface area contributed by atoms with Gasteiger partial charge in [-0.25, -0.2) is 0 Å². The van der Waals surface area contributed by atoms with Gasteiger partial charge in [-0.1, -0.05) is 40.0 Å². The molecule has 16 heavy (non-hydrogen) atoms. The van der Waals surface area contributed by atoms with Crippen molar-refractivity contribution in [1.29, 1.82) is 0 Å². The van der Waals surface area contributed by atoms with Crippen molar-refractivity contribution in [2.24, 2.45) is 5.41 Å². The van der Waals surface area contributed by atoms with Gasteiger partial charge >= 0.3 is 0 Å². The molecule has 0 fully saturated rings. The number of nitrogens with one attached hydrogen (secondary N) is 1. The summed E-state index contributed by atoms with van der Waals surface area (Å²) in [6.07, 6.45) is 5.90. The maximum atomic E-state index is 11.5. The van der Waals surface area contributed by atoms with Crippen molar-refractivity contribution in [2.75, 3.05) is 13.2 Å². The Labute approximate surface area is 99.6 Å². The molecule has 1 amide bonds. The normalized spacial score (nSPS) is 11.5. The van der Waals surface area contributed by atoms with Gasteiger partial charge in [0.2, 0.25) is 5.91 Å². The average molecular weight is 229 g/mol. The summed E-state index contributed by atoms with van der Waals surface area (Å²) in [6.45, 7) is 7.11. The maximum absolute atomic E-state index is 11.5. The number of amides is 1. The van der Waals surface area contributed by atoms with Gasteiger partial charge in [0.25, 0.3) is 0 Å². The van der Waals surface area contributed by atoms with E-state index >= 15 is 0 Å². The van der Waals surface area contributed by atoms with Crippen molar-refractivity contribution < 1.29 is 9.90 Å². The number of unbranched alkanes of at least 4 members (excludes halogenated alkanes) is 3. The Bertz CT molecular complexity index is 190. The van der Waals surface area contributed by atoms with E-state index in [4.69, 9.17) is 5.11 Å². The maximum Gasteiger partial charge on any atom is 0.220 e. The van der Waals surface area contributed by atoms with Gasteiger partial charge in [-0.3, -0.25) is 4.79 Å². The molecule has 0 heterocycles. The van der Waals surface area contributed by atoms with Crippen molar-refractivity contribution in [3.05, 3.63) is 0 Å². The van der Waals surface area contributed by atoms with E-state index in [1.54, 1.807) is 0 Å². The Morgan fingerprint density at radius 3 is 2.50 bits per heavy atom. The van der Waals surface area contributed by atoms with E-state index in [1.807, 2.05) is 0 Å². The fourth-order valence-electron chi connectivity index (χ4n) is 1.53. The van der Waals surface area contributed by atoms with E-state index in [-0.39, 0.29) is 17.9 Å². The van der Waals surface area contributed by atoms with E-state index in [2.05, 4.69) is 26.1 Å². The van der Waals surface area contributed by atoms with Crippen LogP contribution in [0.25, 0.3) is 0 Å². The van der Waals surface area contributed by atoms with E-state index in [0.29, 0.717) is 13.0 Å². The minimum atomic E-state index is -0.00612. The Morgan fingerprint density at radius 2 is 1.94 bits per heavy atom. The topological polar surface area (TPSA) is 49.3 Å². The largest absolute Gasteiger partial charge is 0.396 e. The van der Waals surface area contributed by atoms with Gasteiger partial charge in [-0.2, -0.15) is 0 Å². The highest BCUT2D eigenvalue weighted by atomic mass is 16.3. The summed E-state index contributed by atoms with van der Waals surface area (Å²) in [5.41, 5.74) is -0.00612. The summed E-state index contributed by atoms with van der Waals surface area (Å²) in [5.74, 6) is 0.141. The summed E-state index contributed by atoms with van der Waals surface area (Å²) < 4.78 is 0. The summed E-state index contributed by atoms with van der Waals surface area (Å²) in [6, 6.07) is 0. The van der Waals surface area contributed by atoms with Crippen LogP contribution >= 0.6 is 0 Å². The first kappa shape index (κ1) is 15.4. The van der Waals surface area contributed by atoms with E-state index in [1.165, 1.54) is 12.8 Å². The molecular weight excluding hydrogens is 202 g/mol. The monoisotopic (exact) mass is 229 g/mol. The molecule has 0 saturated carbocycles. The lowest BCUT2D eigenvalue weighted by molar-refractivity contribution is -0.121. The van der Waals surface area contributed by atoms with E-state index in [9.17, 15) is 4.79 Å². The van der Waals surface area contributed by atoms with Crippen LogP contribution in [-0.2, 0) is 4.79 Å². The van der Waals surface area contributed by atoms with Crippen molar-refractivity contribution in [3.63, 3.8) is 0 Å². The first-order valence-electron chi connectivity index (χ1n) is 6.39. The number of rotatable bonds is 9. The number of carbonyl (C=O) groups is 1. The van der Waals surface area contributed by atoms with Crippen molar-refractivity contribution in [2.45, 2.75) is 59.3 Å². The fourth-order valence-corrected chi connectivity index (χ4v) is 1.53. The van der Waals surface area contributed by atoms with E-state index < -0.39 is 0 Å². The predicted molar refractivity (Wildman–Crippen MR) is 67.3 cm³/mol. The Hall–Kier alpha value is -0.570. The molecule has 0 aromatic heterocycles. The lowest BCUT2D eigenvalue weighted by atomic mass is 9.90. The highest BCUT2D eigenvalue weighted by molar-refractivity contribution is 5.75. The van der Waals surface area contributed by atoms with Gasteiger partial charge in [0.1, 0.15) is 0 Å². The molecule has 0 unspecified atom stereocenters. The van der Waals surface area contributed by atoms with E-state index in [0.717, 1.165) is 19.3 Å². The standard InChI is InChI=1S/C13H27NO2/c1-4-5-6-7-8-12(16)14-11-13(2,3)9-10-15/h15H,4-11H2,1-3H3,(H,14,16). The first-order valence-corrected chi connectivity index (χ1v) is 6.39. The van der Waals surface area contributed by atoms with Crippen LogP contribution in [0.1, 0.15) is 59.3 Å². The zero-order valence-electron chi connectivity index (χ0n) is 11.0. The highest BCUT2D eigenvalue weighted by Gasteiger charge is 2.17. The number of hydrogen-bond acceptors (Lipinski definition) is 2. The second-order valence-corrected chi connectivity index (χ2v) is 5.23. The fraction of sp³-hybridized carbons (Fsp3) is 0.923. The molecule has 0 spiro atoms. The molecule has 0 bridgehead atoms. The summed E-state index contributed by atoms with van der Waals surface area (Å²) >= 11 is 0. The average Bonchev–Trinajstić information content (AvgIpc) is 2.22. The lowest BCUT2D eigenvalue weighted by Gasteiger charge is -2.23. The van der Waals surface area contributed by atoms with Crippen LogP contribution in [0.3, 0.4) is 0 Å². The van der Waals surface area contributed by atoms with Crippen molar-refractivity contribution in [3.8, 4) is 0 Å². The Kier molecular flexibility index (Phi) is 8.26. The molecule has 0 saturated heterocycles. The summed E-state index contributed by atoms with van der Waals surface area (Å²) in [7, 11) is 0. The number of hydrogen-bond donors (Lipinski definition) is 2. The van der Waals surface area contributed by atoms with Crippen LogP contribution in [0, 0.1) is 5.41 Å². The second kappa shape index (κ2) is 8.57. The van der Waals surface area contributed by atoms with Gasteiger partial charge < -0.3 is 10.4 Å². The van der Waals surface area contributed by atoms with Crippen molar-refractivity contribution >= 4 is 5.91 Å². The number of aliphatic hydroxyl groups is 1. The first-order chi connectivity index (χ1) is 7.52. The molecule has 2 N–H and O–H groups in total. The molecule has 0 atom stereocenters. The molecule has 0 aromatic carbocycles. The van der Waals surface area contributed by atoms with Gasteiger partial charge in [0.05, 0.1) is 0 Å². The van der Waals surface area contributed by atoms with Crippen LogP contribution in [0.4, 0.5) is 0 Å². The zero-order chi connectivity index (χ0) is 12.4. The third kappa shape index (κ3) is 8.72. The third-order valence-electron chi connectivity index (χ3n) is 2.81. The SMILES string of the molecule is CCCCCCC(=O)NCC(C)(C)CCO. The molecule has 0 aliphatic rings. The quantitative estimate of drug-likeness (QED) is 0.597. The number of aliphatic hydroxyl groups excluding tert-OH is 1. The van der Waals surface area contributed by atoms with Gasteiger partial charge in [-0.05, 0) is 18.3 Å². The molecule has 3 nitrogen and oxygen atoms in total. The van der Waals surface area contributed by atoms with Gasteiger partial charge in [0, 0.05) is 19.6 Å². The molecule has 0 aromatic rings. The summed E-state index contributed by atoms with van der Waals surface area (Å²) in [5, 5.41) is 11.8. The minimum Gasteiger partial charge on any atom is -0.396 e. The van der Waals surface area contributed by atoms with Gasteiger partial charge in [0.15, 0.2) is 0 Å². The zero-order valence-corrected chi connectivity index (χ0v) is 11.0. The Balaban J connectivity index is 3.56. The summed E-state index contributed by atoms with van der Waals surface area (Å²) in [4.78, 5) is 11.5. The second-order valence-electron chi connectivity index (χ2n) is 5.23. The molecular formula is C13H27NO2. The minimum absolute atomic E-state index is 0.00612. The van der Waals surface area contributed by atoms with Crippen LogP contribution in [0.15, 0.2) is 0 Å². The predicted octanol–water partition coefficient (Wildman–Crippen LogP) is 2.48. The van der Waals surface area contributed by atoms with Crippen LogP contribution in [0.2, 0.25) is 0 Å². The van der Waals surface area contributed by atoms with Crippen LogP contribution in [-0.4, -0.2) is 24.2 Å². The molecule has 0 rings (SSSR count). The molecule has 0 aliphatic heterocycles. The van der Waals surface area contributed by atoms with Crippen molar-refractivity contribution in [1.82, 2.24) is 5.32 Å². The van der Waals surface area contributed by atoms with Crippen LogP contribution in [0.5, 0.6) is 0 Å². The smallest absolute Gasteiger partial charge is 0.220 e. The number of carbonyl (C=O) groups excluding carboxylic acids is 1. The molecule has 3 heteroatoms. The third-order valence-corrected chi connectivity index (χ3v) is 2.81. The Morgan fingerprint density at radius 1 is 1.25 bits per heavy atom. The highest BCUT2D eigenvalue weighted by Crippen LogP contribution is 2.18. The van der Waals surface area contributed by atoms with Crippen LogP contribution < -0.4 is 5.32 Å².